The molecule has 0 amide bonds. The van der Waals surface area contributed by atoms with Crippen LogP contribution in [0.1, 0.15) is 16.5 Å². The fourth-order valence-electron chi connectivity index (χ4n) is 1.49. The Hall–Kier alpha value is -0.500. The molecule has 0 radical (unpaired) electrons. The lowest BCUT2D eigenvalue weighted by molar-refractivity contribution is 1.14. The van der Waals surface area contributed by atoms with Crippen LogP contribution in [0.25, 0.3) is 0 Å². The Morgan fingerprint density at radius 3 is 2.25 bits per heavy atom. The van der Waals surface area contributed by atoms with Crippen LogP contribution in [-0.2, 0) is 0 Å². The maximum atomic E-state index is 6.39. The summed E-state index contributed by atoms with van der Waals surface area (Å²) in [7, 11) is 0. The van der Waals surface area contributed by atoms with Crippen molar-refractivity contribution in [3.8, 4) is 0 Å². The van der Waals surface area contributed by atoms with Crippen molar-refractivity contribution in [1.29, 1.82) is 0 Å². The number of halogens is 3. The van der Waals surface area contributed by atoms with Crippen LogP contribution in [0.2, 0.25) is 5.02 Å². The van der Waals surface area contributed by atoms with Gasteiger partial charge in [0, 0.05) is 9.50 Å². The molecule has 0 nitrogen and oxygen atoms in total. The van der Waals surface area contributed by atoms with Crippen LogP contribution < -0.4 is 0 Å². The van der Waals surface area contributed by atoms with Gasteiger partial charge in [-0.1, -0.05) is 51.8 Å². The topological polar surface area (TPSA) is 0 Å². The van der Waals surface area contributed by atoms with Gasteiger partial charge in [0.25, 0.3) is 0 Å². The quantitative estimate of drug-likeness (QED) is 0.648. The third-order valence-corrected chi connectivity index (χ3v) is 3.55. The van der Waals surface area contributed by atoms with Gasteiger partial charge in [0.05, 0.1) is 5.38 Å². The molecule has 0 aliphatic heterocycles. The van der Waals surface area contributed by atoms with Crippen molar-refractivity contribution in [3.63, 3.8) is 0 Å². The Morgan fingerprint density at radius 1 is 0.938 bits per heavy atom. The molecule has 0 fully saturated rings. The van der Waals surface area contributed by atoms with E-state index in [2.05, 4.69) is 15.9 Å². The van der Waals surface area contributed by atoms with Gasteiger partial charge in [-0.3, -0.25) is 0 Å². The zero-order valence-electron chi connectivity index (χ0n) is 8.33. The molecule has 2 aromatic carbocycles. The summed E-state index contributed by atoms with van der Waals surface area (Å²) in [5.74, 6) is 0. The van der Waals surface area contributed by atoms with E-state index in [-0.39, 0.29) is 5.38 Å². The number of alkyl halides is 1. The van der Waals surface area contributed by atoms with E-state index in [0.29, 0.717) is 0 Å². The predicted molar refractivity (Wildman–Crippen MR) is 73.3 cm³/mol. The van der Waals surface area contributed by atoms with E-state index in [0.717, 1.165) is 20.6 Å². The average Bonchev–Trinajstić information content (AvgIpc) is 2.29. The zero-order valence-corrected chi connectivity index (χ0v) is 11.4. The molecule has 0 heterocycles. The van der Waals surface area contributed by atoms with Crippen LogP contribution in [-0.4, -0.2) is 0 Å². The minimum Gasteiger partial charge on any atom is -0.113 e. The smallest absolute Gasteiger partial charge is 0.0835 e. The molecule has 3 heteroatoms. The van der Waals surface area contributed by atoms with Crippen molar-refractivity contribution in [2.45, 2.75) is 5.38 Å². The predicted octanol–water partition coefficient (Wildman–Crippen LogP) is 5.43. The Morgan fingerprint density at radius 2 is 1.62 bits per heavy atom. The summed E-state index contributed by atoms with van der Waals surface area (Å²) in [6.07, 6.45) is 0. The molecular weight excluding hydrogens is 307 g/mol. The first-order chi connectivity index (χ1) is 7.66. The molecule has 2 rings (SSSR count). The molecule has 0 aromatic heterocycles. The number of hydrogen-bond acceptors (Lipinski definition) is 0. The number of benzene rings is 2. The third-order valence-electron chi connectivity index (χ3n) is 2.30. The second kappa shape index (κ2) is 5.22. The summed E-state index contributed by atoms with van der Waals surface area (Å²) in [5, 5.41) is 0.580. The summed E-state index contributed by atoms with van der Waals surface area (Å²) in [5.41, 5.74) is 2.11. The molecule has 0 aliphatic rings. The zero-order chi connectivity index (χ0) is 11.5. The maximum Gasteiger partial charge on any atom is 0.0835 e. The van der Waals surface area contributed by atoms with Crippen LogP contribution in [0.3, 0.4) is 0 Å². The first-order valence-corrected chi connectivity index (χ1v) is 6.42. The summed E-state index contributed by atoms with van der Waals surface area (Å²) in [4.78, 5) is 0. The molecule has 0 aliphatic carbocycles. The monoisotopic (exact) mass is 314 g/mol. The highest BCUT2D eigenvalue weighted by atomic mass is 79.9. The van der Waals surface area contributed by atoms with Crippen LogP contribution in [0, 0.1) is 0 Å². The minimum absolute atomic E-state index is 0.144. The second-order valence-corrected chi connectivity index (χ2v) is 5.26. The number of hydrogen-bond donors (Lipinski definition) is 0. The van der Waals surface area contributed by atoms with E-state index in [1.165, 1.54) is 0 Å². The van der Waals surface area contributed by atoms with Gasteiger partial charge in [-0.15, -0.1) is 11.6 Å². The van der Waals surface area contributed by atoms with Crippen LogP contribution in [0.4, 0.5) is 0 Å². The molecule has 1 atom stereocenters. The van der Waals surface area contributed by atoms with Gasteiger partial charge in [-0.05, 0) is 35.4 Å². The lowest BCUT2D eigenvalue weighted by Gasteiger charge is -2.10. The van der Waals surface area contributed by atoms with Crippen molar-refractivity contribution in [3.05, 3.63) is 69.2 Å². The SMILES string of the molecule is Clc1ccc(C(Cl)c2cccc(Br)c2)cc1. The largest absolute Gasteiger partial charge is 0.113 e. The lowest BCUT2D eigenvalue weighted by Crippen LogP contribution is -1.92. The molecule has 0 N–H and O–H groups in total. The van der Waals surface area contributed by atoms with Crippen LogP contribution in [0.5, 0.6) is 0 Å². The van der Waals surface area contributed by atoms with E-state index in [1.807, 2.05) is 48.5 Å². The van der Waals surface area contributed by atoms with Gasteiger partial charge < -0.3 is 0 Å². The van der Waals surface area contributed by atoms with Crippen LogP contribution in [0.15, 0.2) is 53.0 Å². The van der Waals surface area contributed by atoms with Crippen molar-refractivity contribution in [1.82, 2.24) is 0 Å². The Labute approximate surface area is 113 Å². The Bertz CT molecular complexity index is 480. The summed E-state index contributed by atoms with van der Waals surface area (Å²) < 4.78 is 1.03. The molecule has 1 unspecified atom stereocenters. The van der Waals surface area contributed by atoms with Gasteiger partial charge in [0.1, 0.15) is 0 Å². The van der Waals surface area contributed by atoms with Gasteiger partial charge in [0.2, 0.25) is 0 Å². The maximum absolute atomic E-state index is 6.39. The Kier molecular flexibility index (Phi) is 3.91. The summed E-state index contributed by atoms with van der Waals surface area (Å²) >= 11 is 15.7. The highest BCUT2D eigenvalue weighted by molar-refractivity contribution is 9.10. The molecule has 0 saturated carbocycles. The third kappa shape index (κ3) is 2.79. The second-order valence-electron chi connectivity index (χ2n) is 3.47. The van der Waals surface area contributed by atoms with E-state index in [4.69, 9.17) is 23.2 Å². The Balaban J connectivity index is 2.31. The molecule has 0 saturated heterocycles. The number of rotatable bonds is 2. The normalized spacial score (nSPS) is 12.4. The molecule has 0 bridgehead atoms. The molecule has 0 spiro atoms. The molecule has 16 heavy (non-hydrogen) atoms. The van der Waals surface area contributed by atoms with Gasteiger partial charge in [-0.25, -0.2) is 0 Å². The van der Waals surface area contributed by atoms with E-state index in [1.54, 1.807) is 0 Å². The van der Waals surface area contributed by atoms with Crippen molar-refractivity contribution >= 4 is 39.1 Å². The fraction of sp³-hybridized carbons (Fsp3) is 0.0769. The first-order valence-electron chi connectivity index (χ1n) is 4.82. The van der Waals surface area contributed by atoms with E-state index >= 15 is 0 Å². The minimum atomic E-state index is -0.144. The van der Waals surface area contributed by atoms with Gasteiger partial charge >= 0.3 is 0 Å². The first kappa shape index (κ1) is 12.0. The molecule has 2 aromatic rings. The van der Waals surface area contributed by atoms with Crippen molar-refractivity contribution in [2.24, 2.45) is 0 Å². The molecule has 82 valence electrons. The van der Waals surface area contributed by atoms with Crippen LogP contribution >= 0.6 is 39.1 Å². The van der Waals surface area contributed by atoms with Gasteiger partial charge in [0.15, 0.2) is 0 Å². The highest BCUT2D eigenvalue weighted by Gasteiger charge is 2.10. The lowest BCUT2D eigenvalue weighted by atomic mass is 10.0. The summed E-state index contributed by atoms with van der Waals surface area (Å²) in [6, 6.07) is 15.6. The van der Waals surface area contributed by atoms with E-state index in [9.17, 15) is 0 Å². The van der Waals surface area contributed by atoms with Crippen molar-refractivity contribution < 1.29 is 0 Å². The van der Waals surface area contributed by atoms with Crippen molar-refractivity contribution in [2.75, 3.05) is 0 Å². The fourth-order valence-corrected chi connectivity index (χ4v) is 2.31. The highest BCUT2D eigenvalue weighted by Crippen LogP contribution is 2.30. The standard InChI is InChI=1S/C13H9BrCl2/c14-11-3-1-2-10(8-11)13(16)9-4-6-12(15)7-5-9/h1-8,13H. The van der Waals surface area contributed by atoms with E-state index < -0.39 is 0 Å². The average molecular weight is 316 g/mol. The summed E-state index contributed by atoms with van der Waals surface area (Å²) in [6.45, 7) is 0. The molecular formula is C13H9BrCl2. The van der Waals surface area contributed by atoms with Gasteiger partial charge in [-0.2, -0.15) is 0 Å².